The van der Waals surface area contributed by atoms with E-state index in [1.165, 1.54) is 15.3 Å². The highest BCUT2D eigenvalue weighted by molar-refractivity contribution is 8.01. The molecule has 0 saturated heterocycles. The molecule has 2 heterocycles. The van der Waals surface area contributed by atoms with Crippen molar-refractivity contribution in [2.45, 2.75) is 11.1 Å². The second-order valence-corrected chi connectivity index (χ2v) is 5.30. The van der Waals surface area contributed by atoms with Gasteiger partial charge in [-0.1, -0.05) is 13.0 Å². The maximum atomic E-state index is 4.11. The maximum absolute atomic E-state index is 4.11. The Morgan fingerprint density at radius 3 is 3.07 bits per heavy atom. The molecule has 0 aromatic carbocycles. The van der Waals surface area contributed by atoms with Crippen LogP contribution >= 0.6 is 23.1 Å². The van der Waals surface area contributed by atoms with Gasteiger partial charge in [-0.2, -0.15) is 0 Å². The zero-order valence-electron chi connectivity index (χ0n) is 7.93. The largest absolute Gasteiger partial charge is 0.264 e. The van der Waals surface area contributed by atoms with Crippen LogP contribution in [-0.2, 0) is 0 Å². The van der Waals surface area contributed by atoms with Gasteiger partial charge in [-0.3, -0.25) is 4.98 Å². The number of aromatic nitrogens is 1. The fraction of sp³-hybridized carbons (Fsp3) is 0.182. The monoisotopic (exact) mass is 221 g/mol. The van der Waals surface area contributed by atoms with E-state index in [-0.39, 0.29) is 0 Å². The average Bonchev–Trinajstić information content (AvgIpc) is 2.68. The summed E-state index contributed by atoms with van der Waals surface area (Å²) in [5, 5.41) is 2.19. The molecular weight excluding hydrogens is 210 g/mol. The summed E-state index contributed by atoms with van der Waals surface area (Å²) >= 11 is 3.69. The first-order valence-corrected chi connectivity index (χ1v) is 6.38. The van der Waals surface area contributed by atoms with Crippen molar-refractivity contribution in [3.63, 3.8) is 0 Å². The lowest BCUT2D eigenvalue weighted by Gasteiger charge is -1.94. The summed E-state index contributed by atoms with van der Waals surface area (Å²) in [5.41, 5.74) is 2.48. The molecule has 0 N–H and O–H groups in total. The van der Waals surface area contributed by atoms with Crippen molar-refractivity contribution in [2.24, 2.45) is 0 Å². The molecule has 1 nitrogen and oxygen atoms in total. The van der Waals surface area contributed by atoms with Crippen LogP contribution in [-0.4, -0.2) is 10.7 Å². The minimum absolute atomic E-state index is 1.13. The Balaban J connectivity index is 2.25. The quantitative estimate of drug-likeness (QED) is 0.729. The molecule has 0 radical (unpaired) electrons. The number of rotatable bonds is 3. The van der Waals surface area contributed by atoms with Gasteiger partial charge in [-0.05, 0) is 28.8 Å². The van der Waals surface area contributed by atoms with Crippen molar-refractivity contribution >= 4 is 23.1 Å². The van der Waals surface area contributed by atoms with Gasteiger partial charge in [0, 0.05) is 18.0 Å². The van der Waals surface area contributed by atoms with E-state index in [9.17, 15) is 0 Å². The van der Waals surface area contributed by atoms with Crippen LogP contribution in [0, 0.1) is 0 Å². The third-order valence-electron chi connectivity index (χ3n) is 1.86. The molecule has 0 fully saturated rings. The molecule has 0 unspecified atom stereocenters. The summed E-state index contributed by atoms with van der Waals surface area (Å²) in [5.74, 6) is 1.13. The first-order chi connectivity index (χ1) is 6.90. The summed E-state index contributed by atoms with van der Waals surface area (Å²) < 4.78 is 1.38. The number of thioether (sulfide) groups is 1. The van der Waals surface area contributed by atoms with Crippen molar-refractivity contribution in [2.75, 3.05) is 5.75 Å². The van der Waals surface area contributed by atoms with Crippen LogP contribution in [0.3, 0.4) is 0 Å². The standard InChI is InChI=1S/C11H11NS2/c1-2-13-11-6-10(8-14-11)9-4-3-5-12-7-9/h3-8H,2H2,1H3. The molecule has 0 atom stereocenters. The third-order valence-corrected chi connectivity index (χ3v) is 3.91. The summed E-state index contributed by atoms with van der Waals surface area (Å²) in [7, 11) is 0. The smallest absolute Gasteiger partial charge is 0.0604 e. The zero-order valence-corrected chi connectivity index (χ0v) is 9.57. The maximum Gasteiger partial charge on any atom is 0.0604 e. The van der Waals surface area contributed by atoms with Crippen LogP contribution in [0.4, 0.5) is 0 Å². The van der Waals surface area contributed by atoms with Gasteiger partial charge in [0.15, 0.2) is 0 Å². The number of hydrogen-bond acceptors (Lipinski definition) is 3. The van der Waals surface area contributed by atoms with Gasteiger partial charge in [0.25, 0.3) is 0 Å². The van der Waals surface area contributed by atoms with Gasteiger partial charge in [0.2, 0.25) is 0 Å². The van der Waals surface area contributed by atoms with E-state index in [1.54, 1.807) is 17.5 Å². The van der Waals surface area contributed by atoms with Crippen molar-refractivity contribution in [3.8, 4) is 11.1 Å². The van der Waals surface area contributed by atoms with E-state index in [1.807, 2.05) is 24.0 Å². The lowest BCUT2D eigenvalue weighted by atomic mass is 10.2. The fourth-order valence-corrected chi connectivity index (χ4v) is 3.13. The Labute approximate surface area is 92.2 Å². The topological polar surface area (TPSA) is 12.9 Å². The number of nitrogens with zero attached hydrogens (tertiary/aromatic N) is 1. The van der Waals surface area contributed by atoms with Gasteiger partial charge < -0.3 is 0 Å². The molecule has 2 aromatic heterocycles. The van der Waals surface area contributed by atoms with Crippen molar-refractivity contribution in [1.82, 2.24) is 4.98 Å². The molecule has 3 heteroatoms. The van der Waals surface area contributed by atoms with E-state index in [0.717, 1.165) is 5.75 Å². The number of hydrogen-bond donors (Lipinski definition) is 0. The summed E-state index contributed by atoms with van der Waals surface area (Å²) in [6.07, 6.45) is 3.71. The van der Waals surface area contributed by atoms with Crippen LogP contribution < -0.4 is 0 Å². The van der Waals surface area contributed by atoms with E-state index < -0.39 is 0 Å². The molecule has 0 amide bonds. The Kier molecular flexibility index (Phi) is 3.22. The van der Waals surface area contributed by atoms with E-state index >= 15 is 0 Å². The Bertz CT molecular complexity index is 395. The van der Waals surface area contributed by atoms with E-state index in [0.29, 0.717) is 0 Å². The van der Waals surface area contributed by atoms with Crippen LogP contribution in [0.15, 0.2) is 40.2 Å². The normalized spacial score (nSPS) is 10.4. The molecule has 2 aromatic rings. The first-order valence-electron chi connectivity index (χ1n) is 4.52. The molecule has 14 heavy (non-hydrogen) atoms. The molecule has 2 rings (SSSR count). The average molecular weight is 221 g/mol. The van der Waals surface area contributed by atoms with Crippen LogP contribution in [0.25, 0.3) is 11.1 Å². The fourth-order valence-electron chi connectivity index (χ4n) is 1.22. The second kappa shape index (κ2) is 4.62. The molecule has 0 spiro atoms. The summed E-state index contributed by atoms with van der Waals surface area (Å²) in [6, 6.07) is 6.30. The Hall–Kier alpha value is -0.800. The molecule has 0 aliphatic rings. The van der Waals surface area contributed by atoms with Crippen molar-refractivity contribution in [3.05, 3.63) is 36.0 Å². The number of thiophene rings is 1. The summed E-state index contributed by atoms with van der Waals surface area (Å²) in [6.45, 7) is 2.17. The molecule has 0 saturated carbocycles. The number of pyridine rings is 1. The second-order valence-electron chi connectivity index (χ2n) is 2.83. The molecule has 72 valence electrons. The van der Waals surface area contributed by atoms with Gasteiger partial charge in [0.1, 0.15) is 0 Å². The first kappa shape index (κ1) is 9.74. The van der Waals surface area contributed by atoms with Crippen LogP contribution in [0.1, 0.15) is 6.92 Å². The van der Waals surface area contributed by atoms with Crippen molar-refractivity contribution < 1.29 is 0 Å². The Morgan fingerprint density at radius 1 is 1.43 bits per heavy atom. The minimum atomic E-state index is 1.13. The molecule has 0 aliphatic carbocycles. The highest BCUT2D eigenvalue weighted by atomic mass is 32.2. The predicted molar refractivity (Wildman–Crippen MR) is 63.9 cm³/mol. The van der Waals surface area contributed by atoms with E-state index in [4.69, 9.17) is 0 Å². The van der Waals surface area contributed by atoms with Gasteiger partial charge >= 0.3 is 0 Å². The SMILES string of the molecule is CCSc1cc(-c2cccnc2)cs1. The molecule has 0 aliphatic heterocycles. The molecule has 0 bridgehead atoms. The van der Waals surface area contributed by atoms with Gasteiger partial charge in [-0.25, -0.2) is 0 Å². The third kappa shape index (κ3) is 2.16. The van der Waals surface area contributed by atoms with Crippen LogP contribution in [0.2, 0.25) is 0 Å². The van der Waals surface area contributed by atoms with Gasteiger partial charge in [0.05, 0.1) is 4.21 Å². The highest BCUT2D eigenvalue weighted by Crippen LogP contribution is 2.31. The highest BCUT2D eigenvalue weighted by Gasteiger charge is 2.01. The van der Waals surface area contributed by atoms with Crippen molar-refractivity contribution in [1.29, 1.82) is 0 Å². The summed E-state index contributed by atoms with van der Waals surface area (Å²) in [4.78, 5) is 4.11. The minimum Gasteiger partial charge on any atom is -0.264 e. The lowest BCUT2D eigenvalue weighted by molar-refractivity contribution is 1.33. The lowest BCUT2D eigenvalue weighted by Crippen LogP contribution is -1.74. The van der Waals surface area contributed by atoms with E-state index in [2.05, 4.69) is 29.4 Å². The zero-order chi connectivity index (χ0) is 9.80. The molecular formula is C11H11NS2. The predicted octanol–water partition coefficient (Wildman–Crippen LogP) is 3.92. The Morgan fingerprint density at radius 2 is 2.36 bits per heavy atom. The van der Waals surface area contributed by atoms with Crippen LogP contribution in [0.5, 0.6) is 0 Å². The van der Waals surface area contributed by atoms with Gasteiger partial charge in [-0.15, -0.1) is 23.1 Å².